The van der Waals surface area contributed by atoms with E-state index >= 15 is 0 Å². The minimum absolute atomic E-state index is 0.157. The third kappa shape index (κ3) is 3.08. The molecule has 3 rings (SSSR count). The molecule has 1 saturated heterocycles. The van der Waals surface area contributed by atoms with E-state index in [-0.39, 0.29) is 11.9 Å². The van der Waals surface area contributed by atoms with Crippen molar-refractivity contribution in [2.45, 2.75) is 12.5 Å². The number of thiophene rings is 1. The molecule has 20 heavy (non-hydrogen) atoms. The number of halogens is 1. The summed E-state index contributed by atoms with van der Waals surface area (Å²) in [4.78, 5) is 2.46. The van der Waals surface area contributed by atoms with Crippen LogP contribution in [0.5, 0.6) is 0 Å². The molecule has 1 aromatic heterocycles. The molecule has 1 aromatic carbocycles. The Morgan fingerprint density at radius 3 is 2.90 bits per heavy atom. The summed E-state index contributed by atoms with van der Waals surface area (Å²) >= 11 is 1.70. The van der Waals surface area contributed by atoms with Crippen LogP contribution in [0.1, 0.15) is 23.6 Å². The summed E-state index contributed by atoms with van der Waals surface area (Å²) in [5.41, 5.74) is 2.31. The molecule has 2 aromatic rings. The quantitative estimate of drug-likeness (QED) is 0.933. The van der Waals surface area contributed by atoms with Gasteiger partial charge in [-0.3, -0.25) is 4.90 Å². The van der Waals surface area contributed by atoms with Gasteiger partial charge in [0.05, 0.1) is 6.04 Å². The van der Waals surface area contributed by atoms with E-state index in [9.17, 15) is 4.39 Å². The first-order valence-electron chi connectivity index (χ1n) is 7.07. The Balaban J connectivity index is 1.95. The van der Waals surface area contributed by atoms with Gasteiger partial charge in [0.25, 0.3) is 0 Å². The lowest BCUT2D eigenvalue weighted by atomic mass is 9.99. The van der Waals surface area contributed by atoms with E-state index in [1.807, 2.05) is 6.07 Å². The number of hydrogen-bond donors (Lipinski definition) is 1. The largest absolute Gasteiger partial charge is 0.315 e. The maximum atomic E-state index is 13.6. The van der Waals surface area contributed by atoms with Crippen molar-refractivity contribution in [3.8, 4) is 0 Å². The zero-order valence-corrected chi connectivity index (χ0v) is 12.2. The standard InChI is InChI=1S/C16H19FN2S/c17-15-4-1-3-13(11-15)16(14-5-10-20-12-14)19-8-2-6-18-7-9-19/h1,3-5,10-12,16,18H,2,6-9H2. The van der Waals surface area contributed by atoms with Gasteiger partial charge in [0.1, 0.15) is 5.82 Å². The minimum Gasteiger partial charge on any atom is -0.315 e. The van der Waals surface area contributed by atoms with E-state index in [0.717, 1.165) is 38.2 Å². The third-order valence-corrected chi connectivity index (χ3v) is 4.46. The first-order valence-corrected chi connectivity index (χ1v) is 8.01. The van der Waals surface area contributed by atoms with E-state index in [2.05, 4.69) is 27.0 Å². The average Bonchev–Trinajstić information content (AvgIpc) is 2.83. The molecule has 106 valence electrons. The van der Waals surface area contributed by atoms with Gasteiger partial charge in [0.2, 0.25) is 0 Å². The van der Waals surface area contributed by atoms with Crippen molar-refractivity contribution in [1.82, 2.24) is 10.2 Å². The molecule has 1 N–H and O–H groups in total. The lowest BCUT2D eigenvalue weighted by Crippen LogP contribution is -2.32. The summed E-state index contributed by atoms with van der Waals surface area (Å²) in [5, 5.41) is 7.70. The number of hydrogen-bond acceptors (Lipinski definition) is 3. The van der Waals surface area contributed by atoms with Gasteiger partial charge < -0.3 is 5.32 Å². The van der Waals surface area contributed by atoms with Crippen LogP contribution in [0.2, 0.25) is 0 Å². The van der Waals surface area contributed by atoms with E-state index in [4.69, 9.17) is 0 Å². The Morgan fingerprint density at radius 1 is 1.15 bits per heavy atom. The molecule has 1 unspecified atom stereocenters. The zero-order valence-electron chi connectivity index (χ0n) is 11.4. The smallest absolute Gasteiger partial charge is 0.123 e. The summed E-state index contributed by atoms with van der Waals surface area (Å²) < 4.78 is 13.6. The van der Waals surface area contributed by atoms with Crippen LogP contribution in [0.3, 0.4) is 0 Å². The second-order valence-corrected chi connectivity index (χ2v) is 5.93. The highest BCUT2D eigenvalue weighted by Crippen LogP contribution is 2.30. The van der Waals surface area contributed by atoms with E-state index < -0.39 is 0 Å². The van der Waals surface area contributed by atoms with Crippen LogP contribution in [-0.2, 0) is 0 Å². The van der Waals surface area contributed by atoms with Crippen molar-refractivity contribution in [3.63, 3.8) is 0 Å². The molecule has 4 heteroatoms. The van der Waals surface area contributed by atoms with Crippen molar-refractivity contribution >= 4 is 11.3 Å². The number of nitrogens with one attached hydrogen (secondary N) is 1. The van der Waals surface area contributed by atoms with Gasteiger partial charge in [-0.25, -0.2) is 4.39 Å². The fourth-order valence-corrected chi connectivity index (χ4v) is 3.53. The molecule has 1 fully saturated rings. The molecular formula is C16H19FN2S. The first-order chi connectivity index (χ1) is 9.84. The van der Waals surface area contributed by atoms with Crippen LogP contribution in [-0.4, -0.2) is 31.1 Å². The Hall–Kier alpha value is -1.23. The maximum absolute atomic E-state index is 13.6. The number of rotatable bonds is 3. The van der Waals surface area contributed by atoms with Gasteiger partial charge in [-0.15, -0.1) is 0 Å². The van der Waals surface area contributed by atoms with Crippen molar-refractivity contribution in [2.24, 2.45) is 0 Å². The van der Waals surface area contributed by atoms with Crippen LogP contribution in [0.25, 0.3) is 0 Å². The minimum atomic E-state index is -0.157. The van der Waals surface area contributed by atoms with Crippen LogP contribution in [0, 0.1) is 5.82 Å². The molecule has 1 aliphatic heterocycles. The molecule has 0 radical (unpaired) electrons. The first kappa shape index (κ1) is 13.7. The molecule has 0 amide bonds. The van der Waals surface area contributed by atoms with E-state index in [1.165, 1.54) is 11.6 Å². The van der Waals surface area contributed by atoms with Gasteiger partial charge in [-0.1, -0.05) is 12.1 Å². The van der Waals surface area contributed by atoms with Crippen molar-refractivity contribution in [2.75, 3.05) is 26.2 Å². The summed E-state index contributed by atoms with van der Waals surface area (Å²) in [5.74, 6) is -0.157. The van der Waals surface area contributed by atoms with Gasteiger partial charge in [-0.2, -0.15) is 11.3 Å². The fraction of sp³-hybridized carbons (Fsp3) is 0.375. The lowest BCUT2D eigenvalue weighted by Gasteiger charge is -2.30. The number of benzene rings is 1. The predicted molar refractivity (Wildman–Crippen MR) is 81.6 cm³/mol. The van der Waals surface area contributed by atoms with E-state index in [1.54, 1.807) is 23.5 Å². The summed E-state index contributed by atoms with van der Waals surface area (Å²) in [6.07, 6.45) is 1.13. The highest BCUT2D eigenvalue weighted by Gasteiger charge is 2.23. The topological polar surface area (TPSA) is 15.3 Å². The molecule has 0 spiro atoms. The fourth-order valence-electron chi connectivity index (χ4n) is 2.85. The van der Waals surface area contributed by atoms with Gasteiger partial charge in [-0.05, 0) is 53.1 Å². The highest BCUT2D eigenvalue weighted by atomic mass is 32.1. The van der Waals surface area contributed by atoms with Gasteiger partial charge in [0, 0.05) is 19.6 Å². The Morgan fingerprint density at radius 2 is 2.10 bits per heavy atom. The molecular weight excluding hydrogens is 271 g/mol. The Bertz CT molecular complexity index is 533. The maximum Gasteiger partial charge on any atom is 0.123 e. The summed E-state index contributed by atoms with van der Waals surface area (Å²) in [6.45, 7) is 4.10. The molecule has 0 bridgehead atoms. The average molecular weight is 290 g/mol. The SMILES string of the molecule is Fc1cccc(C(c2ccsc2)N2CCCNCC2)c1. The summed E-state index contributed by atoms with van der Waals surface area (Å²) in [7, 11) is 0. The molecule has 2 nitrogen and oxygen atoms in total. The molecule has 0 saturated carbocycles. The Labute approximate surface area is 123 Å². The van der Waals surface area contributed by atoms with Crippen molar-refractivity contribution in [1.29, 1.82) is 0 Å². The van der Waals surface area contributed by atoms with Gasteiger partial charge in [0.15, 0.2) is 0 Å². The summed E-state index contributed by atoms with van der Waals surface area (Å²) in [6, 6.07) is 9.33. The second-order valence-electron chi connectivity index (χ2n) is 5.15. The molecule has 1 atom stereocenters. The molecule has 2 heterocycles. The van der Waals surface area contributed by atoms with Gasteiger partial charge >= 0.3 is 0 Å². The van der Waals surface area contributed by atoms with Crippen LogP contribution in [0.4, 0.5) is 4.39 Å². The van der Waals surface area contributed by atoms with Crippen molar-refractivity contribution in [3.05, 3.63) is 58.0 Å². The van der Waals surface area contributed by atoms with Crippen LogP contribution < -0.4 is 5.32 Å². The van der Waals surface area contributed by atoms with E-state index in [0.29, 0.717) is 0 Å². The van der Waals surface area contributed by atoms with Crippen LogP contribution in [0.15, 0.2) is 41.1 Å². The van der Waals surface area contributed by atoms with Crippen molar-refractivity contribution < 1.29 is 4.39 Å². The monoisotopic (exact) mass is 290 g/mol. The normalized spacial score (nSPS) is 18.6. The zero-order chi connectivity index (χ0) is 13.8. The molecule has 1 aliphatic rings. The second kappa shape index (κ2) is 6.48. The molecule has 0 aliphatic carbocycles. The van der Waals surface area contributed by atoms with Crippen LogP contribution >= 0.6 is 11.3 Å². The lowest BCUT2D eigenvalue weighted by molar-refractivity contribution is 0.241. The predicted octanol–water partition coefficient (Wildman–Crippen LogP) is 3.27. The number of nitrogens with zero attached hydrogens (tertiary/aromatic N) is 1. The highest BCUT2D eigenvalue weighted by molar-refractivity contribution is 7.08. The third-order valence-electron chi connectivity index (χ3n) is 3.76. The Kier molecular flexibility index (Phi) is 4.45.